The number of hydrogen-bond acceptors (Lipinski definition) is 1. The molecule has 1 aromatic carbocycles. The van der Waals surface area contributed by atoms with Gasteiger partial charge in [0.05, 0.1) is 20.1 Å². The molecule has 1 aliphatic rings. The van der Waals surface area contributed by atoms with Crippen LogP contribution in [0.2, 0.25) is 5.02 Å². The van der Waals surface area contributed by atoms with Crippen LogP contribution >= 0.6 is 11.6 Å². The van der Waals surface area contributed by atoms with Gasteiger partial charge in [-0.1, -0.05) is 23.7 Å². The predicted octanol–water partition coefficient (Wildman–Crippen LogP) is 2.38. The third kappa shape index (κ3) is 1.92. The molecule has 1 aromatic rings. The Labute approximate surface area is 89.3 Å². The van der Waals surface area contributed by atoms with Gasteiger partial charge in [0.25, 0.3) is 0 Å². The highest BCUT2D eigenvalue weighted by atomic mass is 35.5. The lowest BCUT2D eigenvalue weighted by Gasteiger charge is -2.37. The number of benzene rings is 1. The second-order valence-electron chi connectivity index (χ2n) is 4.12. The molecule has 1 atom stereocenters. The van der Waals surface area contributed by atoms with Crippen LogP contribution in [0.25, 0.3) is 0 Å². The number of quaternary nitrogens is 1. The zero-order valence-corrected chi connectivity index (χ0v) is 9.05. The summed E-state index contributed by atoms with van der Waals surface area (Å²) in [5, 5.41) is 12.6. The van der Waals surface area contributed by atoms with Crippen molar-refractivity contribution >= 4 is 11.6 Å². The molecule has 2 rings (SSSR count). The molecule has 0 aliphatic carbocycles. The van der Waals surface area contributed by atoms with Crippen molar-refractivity contribution in [2.24, 2.45) is 0 Å². The normalized spacial score (nSPS) is 26.8. The summed E-state index contributed by atoms with van der Waals surface area (Å²) in [6.45, 7) is 1.30. The van der Waals surface area contributed by atoms with Crippen molar-refractivity contribution in [2.75, 3.05) is 20.1 Å². The van der Waals surface area contributed by atoms with Crippen molar-refractivity contribution in [3.63, 3.8) is 0 Å². The van der Waals surface area contributed by atoms with E-state index in [0.29, 0.717) is 13.1 Å². The van der Waals surface area contributed by atoms with Gasteiger partial charge < -0.3 is 9.85 Å². The Balaban J connectivity index is 2.34. The van der Waals surface area contributed by atoms with E-state index in [9.17, 15) is 5.21 Å². The molecule has 0 spiro atoms. The third-order valence-electron chi connectivity index (χ3n) is 2.90. The summed E-state index contributed by atoms with van der Waals surface area (Å²) in [5.74, 6) is 0. The second-order valence-corrected chi connectivity index (χ2v) is 4.53. The molecule has 1 unspecified atom stereocenters. The van der Waals surface area contributed by atoms with Gasteiger partial charge in [0.1, 0.15) is 0 Å². The summed E-state index contributed by atoms with van der Waals surface area (Å²) in [6, 6.07) is 5.94. The molecule has 1 heterocycles. The first-order valence-electron chi connectivity index (χ1n) is 4.90. The number of halogens is 1. The third-order valence-corrected chi connectivity index (χ3v) is 3.26. The fourth-order valence-electron chi connectivity index (χ4n) is 1.93. The van der Waals surface area contributed by atoms with Crippen LogP contribution in [0.5, 0.6) is 0 Å². The van der Waals surface area contributed by atoms with E-state index in [-0.39, 0.29) is 4.65 Å². The lowest BCUT2D eigenvalue weighted by Crippen LogP contribution is -2.39. The van der Waals surface area contributed by atoms with E-state index >= 15 is 0 Å². The quantitative estimate of drug-likeness (QED) is 0.477. The van der Waals surface area contributed by atoms with Gasteiger partial charge in [0.2, 0.25) is 0 Å². The number of hydroxylamine groups is 3. The topological polar surface area (TPSA) is 23.1 Å². The average Bonchev–Trinajstić information content (AvgIpc) is 2.27. The first-order chi connectivity index (χ1) is 6.58. The van der Waals surface area contributed by atoms with E-state index in [1.165, 1.54) is 11.1 Å². The Kier molecular flexibility index (Phi) is 2.52. The molecule has 1 aliphatic heterocycles. The minimum atomic E-state index is -0.148. The molecule has 3 heteroatoms. The lowest BCUT2D eigenvalue weighted by atomic mass is 10.0. The van der Waals surface area contributed by atoms with Crippen LogP contribution in [0.1, 0.15) is 11.1 Å². The highest BCUT2D eigenvalue weighted by Gasteiger charge is 2.19. The SMILES string of the molecule is C[N+]1([O-])CCc2cccc(Cl)c2CC1. The predicted molar refractivity (Wildman–Crippen MR) is 58.1 cm³/mol. The van der Waals surface area contributed by atoms with E-state index in [4.69, 9.17) is 11.6 Å². The Morgan fingerprint density at radius 2 is 2.00 bits per heavy atom. The smallest absolute Gasteiger partial charge is 0.0823 e. The Bertz CT molecular complexity index is 349. The van der Waals surface area contributed by atoms with Crippen molar-refractivity contribution in [2.45, 2.75) is 12.8 Å². The molecule has 14 heavy (non-hydrogen) atoms. The number of hydrogen-bond donors (Lipinski definition) is 0. The van der Waals surface area contributed by atoms with Crippen LogP contribution in [0.3, 0.4) is 0 Å². The molecule has 0 fully saturated rings. The van der Waals surface area contributed by atoms with Gasteiger partial charge in [-0.05, 0) is 17.2 Å². The van der Waals surface area contributed by atoms with Crippen LogP contribution in [-0.2, 0) is 12.8 Å². The average molecular weight is 212 g/mol. The molecule has 0 saturated heterocycles. The first kappa shape index (κ1) is 9.97. The van der Waals surface area contributed by atoms with Gasteiger partial charge in [0, 0.05) is 17.9 Å². The molecule has 0 radical (unpaired) electrons. The van der Waals surface area contributed by atoms with Crippen molar-refractivity contribution in [1.82, 2.24) is 0 Å². The van der Waals surface area contributed by atoms with Crippen molar-refractivity contribution in [3.8, 4) is 0 Å². The summed E-state index contributed by atoms with van der Waals surface area (Å²) in [7, 11) is 1.74. The van der Waals surface area contributed by atoms with Gasteiger partial charge in [-0.15, -0.1) is 0 Å². The van der Waals surface area contributed by atoms with E-state index in [2.05, 4.69) is 6.07 Å². The number of likely N-dealkylation sites (N-methyl/N-ethyl adjacent to an activating group) is 1. The minimum absolute atomic E-state index is 0.148. The van der Waals surface area contributed by atoms with Crippen LogP contribution in [-0.4, -0.2) is 24.8 Å². The van der Waals surface area contributed by atoms with E-state index in [0.717, 1.165) is 17.9 Å². The summed E-state index contributed by atoms with van der Waals surface area (Å²) in [6.07, 6.45) is 1.64. The van der Waals surface area contributed by atoms with Gasteiger partial charge in [-0.3, -0.25) is 0 Å². The zero-order chi connectivity index (χ0) is 10.2. The van der Waals surface area contributed by atoms with Gasteiger partial charge in [-0.25, -0.2) is 0 Å². The number of nitrogens with zero attached hydrogens (tertiary/aromatic N) is 1. The fraction of sp³-hybridized carbons (Fsp3) is 0.455. The number of rotatable bonds is 0. The highest BCUT2D eigenvalue weighted by molar-refractivity contribution is 6.31. The minimum Gasteiger partial charge on any atom is -0.633 e. The van der Waals surface area contributed by atoms with Crippen molar-refractivity contribution in [3.05, 3.63) is 39.6 Å². The first-order valence-corrected chi connectivity index (χ1v) is 5.28. The molecule has 0 N–H and O–H groups in total. The molecule has 0 aromatic heterocycles. The standard InChI is InChI=1S/C11H14ClNO/c1-13(14)7-5-9-3-2-4-11(12)10(9)6-8-13/h2-4H,5-8H2,1H3. The van der Waals surface area contributed by atoms with Crippen LogP contribution in [0, 0.1) is 5.21 Å². The van der Waals surface area contributed by atoms with Crippen molar-refractivity contribution in [1.29, 1.82) is 0 Å². The largest absolute Gasteiger partial charge is 0.633 e. The maximum atomic E-state index is 11.8. The molecule has 0 amide bonds. The Morgan fingerprint density at radius 1 is 1.29 bits per heavy atom. The van der Waals surface area contributed by atoms with E-state index in [1.54, 1.807) is 7.05 Å². The maximum absolute atomic E-state index is 11.8. The summed E-state index contributed by atoms with van der Waals surface area (Å²) in [5.41, 5.74) is 2.42. The summed E-state index contributed by atoms with van der Waals surface area (Å²) >= 11 is 6.10. The van der Waals surface area contributed by atoms with Gasteiger partial charge >= 0.3 is 0 Å². The fourth-order valence-corrected chi connectivity index (χ4v) is 2.22. The molecule has 0 bridgehead atoms. The van der Waals surface area contributed by atoms with Crippen molar-refractivity contribution < 1.29 is 4.65 Å². The van der Waals surface area contributed by atoms with Crippen LogP contribution in [0.15, 0.2) is 18.2 Å². The second kappa shape index (κ2) is 3.54. The number of fused-ring (bicyclic) bond motifs is 1. The molecule has 2 nitrogen and oxygen atoms in total. The highest BCUT2D eigenvalue weighted by Crippen LogP contribution is 2.25. The molecular formula is C11H14ClNO. The van der Waals surface area contributed by atoms with E-state index in [1.807, 2.05) is 12.1 Å². The zero-order valence-electron chi connectivity index (χ0n) is 8.29. The summed E-state index contributed by atoms with van der Waals surface area (Å²) < 4.78 is -0.148. The molecule has 76 valence electrons. The lowest BCUT2D eigenvalue weighted by molar-refractivity contribution is -0.859. The monoisotopic (exact) mass is 211 g/mol. The van der Waals surface area contributed by atoms with E-state index < -0.39 is 0 Å². The Morgan fingerprint density at radius 3 is 2.79 bits per heavy atom. The summed E-state index contributed by atoms with van der Waals surface area (Å²) in [4.78, 5) is 0. The van der Waals surface area contributed by atoms with Gasteiger partial charge in [-0.2, -0.15) is 0 Å². The molecular weight excluding hydrogens is 198 g/mol. The van der Waals surface area contributed by atoms with Crippen LogP contribution < -0.4 is 0 Å². The maximum Gasteiger partial charge on any atom is 0.0823 e. The van der Waals surface area contributed by atoms with Crippen LogP contribution in [0.4, 0.5) is 0 Å². The Hall–Kier alpha value is -0.570. The molecule has 0 saturated carbocycles. The van der Waals surface area contributed by atoms with Gasteiger partial charge in [0.15, 0.2) is 0 Å².